The summed E-state index contributed by atoms with van der Waals surface area (Å²) < 4.78 is 28.9. The van der Waals surface area contributed by atoms with Crippen molar-refractivity contribution in [1.29, 1.82) is 0 Å². The molecule has 53 heavy (non-hydrogen) atoms. The van der Waals surface area contributed by atoms with E-state index in [1.165, 1.54) is 0 Å². The molecule has 2 amide bonds. The molecule has 4 aromatic rings. The standard InChI is InChI=1S/C42H50N4O7/c1-49-33-15-17-35(39(27-33)51-3)43-19-23-45(24-20-43)41(47)29-37(31-11-7-5-8-12-31)53-38(32-13-9-6-10-14-32)30-42(48)46-25-21-44(22-26-46)36-18-16-34(50-2)28-40(36)52-4/h5-18,27-28,37-38H,19-26,29-30H2,1-4H3. The van der Waals surface area contributed by atoms with Gasteiger partial charge in [-0.1, -0.05) is 60.7 Å². The third-order valence-electron chi connectivity index (χ3n) is 10.1. The van der Waals surface area contributed by atoms with Crippen molar-refractivity contribution in [2.24, 2.45) is 0 Å². The second-order valence-corrected chi connectivity index (χ2v) is 13.2. The Kier molecular flexibility index (Phi) is 12.6. The van der Waals surface area contributed by atoms with Crippen LogP contribution in [0.2, 0.25) is 0 Å². The van der Waals surface area contributed by atoms with Gasteiger partial charge >= 0.3 is 0 Å². The Bertz CT molecular complexity index is 1660. The molecule has 2 aliphatic rings. The molecule has 0 spiro atoms. The molecule has 2 heterocycles. The maximum Gasteiger partial charge on any atom is 0.225 e. The van der Waals surface area contributed by atoms with E-state index in [1.807, 2.05) is 107 Å². The van der Waals surface area contributed by atoms with Gasteiger partial charge in [-0.05, 0) is 35.4 Å². The molecule has 0 N–H and O–H groups in total. The van der Waals surface area contributed by atoms with Crippen LogP contribution in [0.4, 0.5) is 11.4 Å². The Morgan fingerprint density at radius 3 is 1.23 bits per heavy atom. The fourth-order valence-corrected chi connectivity index (χ4v) is 7.08. The number of rotatable bonds is 14. The smallest absolute Gasteiger partial charge is 0.225 e. The minimum absolute atomic E-state index is 0.0171. The molecular weight excluding hydrogens is 672 g/mol. The molecule has 2 aliphatic heterocycles. The predicted octanol–water partition coefficient (Wildman–Crippen LogP) is 6.00. The summed E-state index contributed by atoms with van der Waals surface area (Å²) in [6.07, 6.45) is -0.757. The van der Waals surface area contributed by atoms with Crippen LogP contribution in [0.5, 0.6) is 23.0 Å². The van der Waals surface area contributed by atoms with E-state index in [0.717, 1.165) is 45.5 Å². The number of amides is 2. The van der Waals surface area contributed by atoms with E-state index in [0.29, 0.717) is 52.4 Å². The van der Waals surface area contributed by atoms with Gasteiger partial charge in [0.15, 0.2) is 0 Å². The molecule has 0 saturated carbocycles. The first-order valence-corrected chi connectivity index (χ1v) is 18.2. The van der Waals surface area contributed by atoms with Crippen LogP contribution in [-0.2, 0) is 14.3 Å². The lowest BCUT2D eigenvalue weighted by Crippen LogP contribution is -2.49. The molecule has 0 radical (unpaired) electrons. The van der Waals surface area contributed by atoms with Crippen molar-refractivity contribution in [1.82, 2.24) is 9.80 Å². The lowest BCUT2D eigenvalue weighted by Gasteiger charge is -2.38. The van der Waals surface area contributed by atoms with E-state index < -0.39 is 12.2 Å². The van der Waals surface area contributed by atoms with Gasteiger partial charge in [0.1, 0.15) is 23.0 Å². The molecule has 2 saturated heterocycles. The summed E-state index contributed by atoms with van der Waals surface area (Å²) in [4.78, 5) is 36.2. The summed E-state index contributed by atoms with van der Waals surface area (Å²) in [5.41, 5.74) is 3.75. The zero-order chi connectivity index (χ0) is 37.2. The Morgan fingerprint density at radius 1 is 0.509 bits per heavy atom. The molecule has 2 unspecified atom stereocenters. The maximum atomic E-state index is 13.9. The Morgan fingerprint density at radius 2 is 0.887 bits per heavy atom. The highest BCUT2D eigenvalue weighted by Crippen LogP contribution is 2.36. The van der Waals surface area contributed by atoms with E-state index in [2.05, 4.69) is 9.80 Å². The van der Waals surface area contributed by atoms with Gasteiger partial charge in [0.25, 0.3) is 0 Å². The van der Waals surface area contributed by atoms with Crippen molar-refractivity contribution in [2.75, 3.05) is 90.6 Å². The summed E-state index contributed by atoms with van der Waals surface area (Å²) in [5.74, 6) is 2.97. The van der Waals surface area contributed by atoms with Crippen molar-refractivity contribution in [3.8, 4) is 23.0 Å². The van der Waals surface area contributed by atoms with Crippen molar-refractivity contribution in [3.63, 3.8) is 0 Å². The molecule has 0 bridgehead atoms. The number of carbonyl (C=O) groups excluding carboxylic acids is 2. The van der Waals surface area contributed by atoms with Gasteiger partial charge in [-0.25, -0.2) is 0 Å². The molecule has 11 nitrogen and oxygen atoms in total. The highest BCUT2D eigenvalue weighted by Gasteiger charge is 2.31. The highest BCUT2D eigenvalue weighted by molar-refractivity contribution is 5.78. The van der Waals surface area contributed by atoms with Crippen LogP contribution < -0.4 is 28.7 Å². The fraction of sp³-hybridized carbons (Fsp3) is 0.381. The van der Waals surface area contributed by atoms with Crippen LogP contribution in [0.15, 0.2) is 97.1 Å². The number of hydrogen-bond acceptors (Lipinski definition) is 9. The summed E-state index contributed by atoms with van der Waals surface area (Å²) in [6.45, 7) is 4.98. The molecule has 6 rings (SSSR count). The molecular formula is C42H50N4O7. The summed E-state index contributed by atoms with van der Waals surface area (Å²) in [7, 11) is 6.57. The third-order valence-corrected chi connectivity index (χ3v) is 10.1. The Balaban J connectivity index is 1.12. The second-order valence-electron chi connectivity index (χ2n) is 13.2. The predicted molar refractivity (Wildman–Crippen MR) is 205 cm³/mol. The molecule has 280 valence electrons. The Labute approximate surface area is 312 Å². The largest absolute Gasteiger partial charge is 0.497 e. The number of carbonyl (C=O) groups is 2. The number of ether oxygens (including phenoxy) is 5. The van der Waals surface area contributed by atoms with Gasteiger partial charge in [-0.3, -0.25) is 9.59 Å². The average Bonchev–Trinajstić information content (AvgIpc) is 3.23. The number of hydrogen-bond donors (Lipinski definition) is 0. The SMILES string of the molecule is COc1ccc(N2CCN(C(=O)CC(OC(CC(=O)N3CCN(c4ccc(OC)cc4OC)CC3)c3ccccc3)c3ccccc3)CC2)c(OC)c1. The molecule has 0 aliphatic carbocycles. The highest BCUT2D eigenvalue weighted by atomic mass is 16.5. The topological polar surface area (TPSA) is 93.3 Å². The molecule has 2 atom stereocenters. The molecule has 4 aromatic carbocycles. The zero-order valence-corrected chi connectivity index (χ0v) is 31.1. The van der Waals surface area contributed by atoms with E-state index >= 15 is 0 Å². The van der Waals surface area contributed by atoms with Crippen LogP contribution in [0.25, 0.3) is 0 Å². The summed E-state index contributed by atoms with van der Waals surface area (Å²) in [5, 5.41) is 0. The molecule has 2 fully saturated rings. The van der Waals surface area contributed by atoms with E-state index in [9.17, 15) is 9.59 Å². The van der Waals surface area contributed by atoms with Crippen molar-refractivity contribution in [3.05, 3.63) is 108 Å². The zero-order valence-electron chi connectivity index (χ0n) is 31.1. The van der Waals surface area contributed by atoms with E-state index in [-0.39, 0.29) is 24.7 Å². The molecule has 11 heteroatoms. The maximum absolute atomic E-state index is 13.9. The first-order chi connectivity index (χ1) is 25.9. The quantitative estimate of drug-likeness (QED) is 0.156. The lowest BCUT2D eigenvalue weighted by molar-refractivity contribution is -0.139. The Hall–Kier alpha value is -5.42. The molecule has 0 aromatic heterocycles. The number of nitrogens with zero attached hydrogens (tertiary/aromatic N) is 4. The van der Waals surface area contributed by atoms with Crippen LogP contribution in [0.1, 0.15) is 36.2 Å². The van der Waals surface area contributed by atoms with Crippen LogP contribution in [0.3, 0.4) is 0 Å². The minimum atomic E-state index is -0.541. The van der Waals surface area contributed by atoms with Gasteiger partial charge in [0.2, 0.25) is 11.8 Å². The van der Waals surface area contributed by atoms with Gasteiger partial charge in [-0.15, -0.1) is 0 Å². The van der Waals surface area contributed by atoms with Gasteiger partial charge in [-0.2, -0.15) is 0 Å². The summed E-state index contributed by atoms with van der Waals surface area (Å²) in [6, 6.07) is 31.3. The third kappa shape index (κ3) is 9.15. The number of piperazine rings is 2. The van der Waals surface area contributed by atoms with Crippen molar-refractivity contribution >= 4 is 23.2 Å². The lowest BCUT2D eigenvalue weighted by atomic mass is 10.0. The fourth-order valence-electron chi connectivity index (χ4n) is 7.08. The van der Waals surface area contributed by atoms with E-state index in [4.69, 9.17) is 23.7 Å². The van der Waals surface area contributed by atoms with Crippen LogP contribution >= 0.6 is 0 Å². The number of anilines is 2. The number of benzene rings is 4. The normalized spacial score (nSPS) is 15.8. The second kappa shape index (κ2) is 17.9. The van der Waals surface area contributed by atoms with Crippen LogP contribution in [0, 0.1) is 0 Å². The van der Waals surface area contributed by atoms with Crippen LogP contribution in [-0.4, -0.2) is 102 Å². The summed E-state index contributed by atoms with van der Waals surface area (Å²) >= 11 is 0. The first-order valence-electron chi connectivity index (χ1n) is 18.2. The average molecular weight is 723 g/mol. The first kappa shape index (κ1) is 37.3. The van der Waals surface area contributed by atoms with Crippen molar-refractivity contribution in [2.45, 2.75) is 25.0 Å². The minimum Gasteiger partial charge on any atom is -0.497 e. The van der Waals surface area contributed by atoms with Crippen molar-refractivity contribution < 1.29 is 33.3 Å². The van der Waals surface area contributed by atoms with Gasteiger partial charge in [0.05, 0.1) is 64.9 Å². The monoisotopic (exact) mass is 722 g/mol. The van der Waals surface area contributed by atoms with Gasteiger partial charge in [0, 0.05) is 64.5 Å². The number of methoxy groups -OCH3 is 4. The van der Waals surface area contributed by atoms with E-state index in [1.54, 1.807) is 28.4 Å². The van der Waals surface area contributed by atoms with Gasteiger partial charge < -0.3 is 43.3 Å².